The highest BCUT2D eigenvalue weighted by Gasteiger charge is 2.48. The number of rotatable bonds is 5. The van der Waals surface area contributed by atoms with E-state index in [1.165, 1.54) is 4.90 Å². The number of imidazole rings is 1. The first-order valence-corrected chi connectivity index (χ1v) is 12.1. The summed E-state index contributed by atoms with van der Waals surface area (Å²) >= 11 is 6.52. The Labute approximate surface area is 209 Å². The van der Waals surface area contributed by atoms with Crippen molar-refractivity contribution < 1.29 is 32.5 Å². The lowest BCUT2D eigenvalue weighted by Crippen LogP contribution is -2.34. The van der Waals surface area contributed by atoms with E-state index in [9.17, 15) is 18.3 Å². The number of pyridine rings is 1. The Morgan fingerprint density at radius 2 is 1.92 bits per heavy atom. The van der Waals surface area contributed by atoms with Crippen molar-refractivity contribution in [3.63, 3.8) is 0 Å². The van der Waals surface area contributed by atoms with Gasteiger partial charge in [0, 0.05) is 12.1 Å². The van der Waals surface area contributed by atoms with Crippen LogP contribution < -0.4 is 4.74 Å². The maximum absolute atomic E-state index is 12.7. The van der Waals surface area contributed by atoms with Crippen LogP contribution in [0.3, 0.4) is 0 Å². The molecule has 0 aliphatic carbocycles. The topological polar surface area (TPSA) is 92.7 Å². The fourth-order valence-electron chi connectivity index (χ4n) is 5.26. The first-order valence-electron chi connectivity index (χ1n) is 11.8. The zero-order valence-electron chi connectivity index (χ0n) is 19.0. The van der Waals surface area contributed by atoms with E-state index in [-0.39, 0.29) is 31.2 Å². The van der Waals surface area contributed by atoms with E-state index in [0.717, 1.165) is 11.1 Å². The van der Waals surface area contributed by atoms with Crippen molar-refractivity contribution in [2.45, 2.75) is 42.9 Å². The van der Waals surface area contributed by atoms with Crippen LogP contribution in [0.2, 0.25) is 5.02 Å². The van der Waals surface area contributed by atoms with Gasteiger partial charge in [0.25, 0.3) is 6.01 Å². The molecule has 6 rings (SSSR count). The van der Waals surface area contributed by atoms with E-state index < -0.39 is 31.0 Å². The van der Waals surface area contributed by atoms with E-state index in [1.807, 2.05) is 24.3 Å². The minimum atomic E-state index is -4.18. The molecule has 3 aliphatic heterocycles. The van der Waals surface area contributed by atoms with E-state index in [4.69, 9.17) is 25.8 Å². The van der Waals surface area contributed by atoms with Crippen LogP contribution in [0.1, 0.15) is 17.9 Å². The van der Waals surface area contributed by atoms with Gasteiger partial charge in [-0.25, -0.2) is 4.98 Å². The third kappa shape index (κ3) is 4.66. The van der Waals surface area contributed by atoms with Gasteiger partial charge in [-0.3, -0.25) is 4.90 Å². The number of likely N-dealkylation sites (tertiary alicyclic amines) is 1. The molecule has 0 bridgehead atoms. The normalized spacial score (nSPS) is 28.8. The minimum Gasteiger partial charge on any atom is -0.456 e. The third-order valence-corrected chi connectivity index (χ3v) is 7.27. The SMILES string of the molecule is O[C@@H]1CO[C@H]2C1OC[C@H]2Oc1nc2nc(-c3ccc(C4CCN(CC(F)(F)F)C4)cc3)c(Cl)cc2[nH]1. The average molecular weight is 525 g/mol. The van der Waals surface area contributed by atoms with Gasteiger partial charge in [0.1, 0.15) is 18.3 Å². The van der Waals surface area contributed by atoms with Gasteiger partial charge in [-0.2, -0.15) is 18.2 Å². The molecule has 192 valence electrons. The molecular weight excluding hydrogens is 501 g/mol. The van der Waals surface area contributed by atoms with Crippen LogP contribution in [0.15, 0.2) is 30.3 Å². The number of aromatic amines is 1. The Bertz CT molecular complexity index is 1250. The second kappa shape index (κ2) is 9.14. The number of alkyl halides is 3. The monoisotopic (exact) mass is 524 g/mol. The second-order valence-corrected chi connectivity index (χ2v) is 9.92. The van der Waals surface area contributed by atoms with Gasteiger partial charge in [0.15, 0.2) is 11.8 Å². The summed E-state index contributed by atoms with van der Waals surface area (Å²) in [4.78, 5) is 13.6. The lowest BCUT2D eigenvalue weighted by Gasteiger charge is -2.18. The number of hydrogen-bond donors (Lipinski definition) is 2. The number of nitrogens with zero attached hydrogens (tertiary/aromatic N) is 3. The van der Waals surface area contributed by atoms with Crippen LogP contribution in [0, 0.1) is 0 Å². The highest BCUT2D eigenvalue weighted by Crippen LogP contribution is 2.34. The fourth-order valence-corrected chi connectivity index (χ4v) is 5.52. The number of ether oxygens (including phenoxy) is 3. The third-order valence-electron chi connectivity index (χ3n) is 6.98. The van der Waals surface area contributed by atoms with Gasteiger partial charge in [-0.15, -0.1) is 0 Å². The summed E-state index contributed by atoms with van der Waals surface area (Å²) in [7, 11) is 0. The molecule has 0 spiro atoms. The predicted molar refractivity (Wildman–Crippen MR) is 124 cm³/mol. The standard InChI is InChI=1S/C24H24ClF3N4O4/c25-15-7-16-22(31-23(29-16)36-18-10-35-20-17(33)9-34-21(18)20)30-19(15)13-3-1-12(2-4-13)14-5-6-32(8-14)11-24(26,27)28/h1-4,7,14,17-18,20-21,33H,5-6,8-11H2,(H,29,30,31)/t14?,17-,18-,20?,21-/m1/s1. The van der Waals surface area contributed by atoms with Crippen molar-refractivity contribution in [1.82, 2.24) is 19.9 Å². The Morgan fingerprint density at radius 1 is 1.14 bits per heavy atom. The summed E-state index contributed by atoms with van der Waals surface area (Å²) in [5, 5.41) is 10.3. The van der Waals surface area contributed by atoms with Crippen LogP contribution in [0.4, 0.5) is 13.2 Å². The quantitative estimate of drug-likeness (QED) is 0.527. The molecule has 5 atom stereocenters. The first kappa shape index (κ1) is 23.9. The predicted octanol–water partition coefficient (Wildman–Crippen LogP) is 3.54. The molecule has 12 heteroatoms. The Balaban J connectivity index is 1.17. The van der Waals surface area contributed by atoms with E-state index >= 15 is 0 Å². The van der Waals surface area contributed by atoms with E-state index in [1.54, 1.807) is 6.07 Å². The van der Waals surface area contributed by atoms with Crippen LogP contribution in [0.5, 0.6) is 6.01 Å². The lowest BCUT2D eigenvalue weighted by atomic mass is 9.96. The van der Waals surface area contributed by atoms with Crippen LogP contribution in [-0.2, 0) is 9.47 Å². The van der Waals surface area contributed by atoms with E-state index in [2.05, 4.69) is 15.0 Å². The van der Waals surface area contributed by atoms with Gasteiger partial charge < -0.3 is 24.3 Å². The van der Waals surface area contributed by atoms with Gasteiger partial charge in [0.2, 0.25) is 0 Å². The van der Waals surface area contributed by atoms with Crippen molar-refractivity contribution in [3.05, 3.63) is 40.9 Å². The van der Waals surface area contributed by atoms with Crippen molar-refractivity contribution in [1.29, 1.82) is 0 Å². The minimum absolute atomic E-state index is 0.0579. The summed E-state index contributed by atoms with van der Waals surface area (Å²) in [5.41, 5.74) is 3.35. The smallest absolute Gasteiger partial charge is 0.401 e. The maximum atomic E-state index is 12.7. The average Bonchev–Trinajstić information content (AvgIpc) is 3.60. The van der Waals surface area contributed by atoms with Crippen LogP contribution in [0.25, 0.3) is 22.4 Å². The van der Waals surface area contributed by atoms with E-state index in [0.29, 0.717) is 41.4 Å². The number of aliphatic hydroxyl groups excluding tert-OH is 1. The first-order chi connectivity index (χ1) is 17.2. The highest BCUT2D eigenvalue weighted by atomic mass is 35.5. The molecule has 2 N–H and O–H groups in total. The Hall–Kier alpha value is -2.44. The van der Waals surface area contributed by atoms with Gasteiger partial charge >= 0.3 is 6.18 Å². The molecule has 0 saturated carbocycles. The summed E-state index contributed by atoms with van der Waals surface area (Å²) < 4.78 is 55.2. The zero-order valence-corrected chi connectivity index (χ0v) is 19.8. The molecule has 2 unspecified atom stereocenters. The molecule has 3 fully saturated rings. The summed E-state index contributed by atoms with van der Waals surface area (Å²) in [6.45, 7) is 0.435. The molecule has 36 heavy (non-hydrogen) atoms. The zero-order chi connectivity index (χ0) is 25.0. The Kier molecular flexibility index (Phi) is 6.08. The second-order valence-electron chi connectivity index (χ2n) is 9.51. The fraction of sp³-hybridized carbons (Fsp3) is 0.500. The van der Waals surface area contributed by atoms with Crippen molar-refractivity contribution >= 4 is 22.8 Å². The number of hydrogen-bond acceptors (Lipinski definition) is 7. The molecule has 5 heterocycles. The number of benzene rings is 1. The highest BCUT2D eigenvalue weighted by molar-refractivity contribution is 6.33. The number of nitrogens with one attached hydrogen (secondary N) is 1. The van der Waals surface area contributed by atoms with Crippen molar-refractivity contribution in [3.8, 4) is 17.3 Å². The Morgan fingerprint density at radius 3 is 2.69 bits per heavy atom. The maximum Gasteiger partial charge on any atom is 0.401 e. The summed E-state index contributed by atoms with van der Waals surface area (Å²) in [6.07, 6.45) is -5.33. The van der Waals surface area contributed by atoms with Gasteiger partial charge in [0.05, 0.1) is 36.0 Å². The number of aromatic nitrogens is 3. The van der Waals surface area contributed by atoms with Gasteiger partial charge in [-0.1, -0.05) is 35.9 Å². The molecule has 0 amide bonds. The molecule has 3 aromatic rings. The summed E-state index contributed by atoms with van der Waals surface area (Å²) in [6, 6.07) is 9.58. The molecular formula is C24H24ClF3N4O4. The number of H-pyrrole nitrogens is 1. The number of fused-ring (bicyclic) bond motifs is 2. The molecule has 0 radical (unpaired) electrons. The van der Waals surface area contributed by atoms with Gasteiger partial charge in [-0.05, 0) is 30.5 Å². The summed E-state index contributed by atoms with van der Waals surface area (Å²) in [5.74, 6) is 0.0579. The number of halogens is 4. The molecule has 2 aromatic heterocycles. The lowest BCUT2D eigenvalue weighted by molar-refractivity contribution is -0.143. The largest absolute Gasteiger partial charge is 0.456 e. The van der Waals surface area contributed by atoms with Crippen molar-refractivity contribution in [2.75, 3.05) is 32.8 Å². The van der Waals surface area contributed by atoms with Crippen LogP contribution >= 0.6 is 11.6 Å². The number of aliphatic hydroxyl groups is 1. The van der Waals surface area contributed by atoms with Crippen molar-refractivity contribution in [2.24, 2.45) is 0 Å². The van der Waals surface area contributed by atoms with Crippen LogP contribution in [-0.4, -0.2) is 88.4 Å². The molecule has 1 aromatic carbocycles. The molecule has 8 nitrogen and oxygen atoms in total. The molecule has 3 aliphatic rings. The molecule has 3 saturated heterocycles.